The van der Waals surface area contributed by atoms with Crippen LogP contribution in [0.15, 0.2) is 46.7 Å². The van der Waals surface area contributed by atoms with Gasteiger partial charge in [0.25, 0.3) is 0 Å². The van der Waals surface area contributed by atoms with Gasteiger partial charge in [-0.05, 0) is 35.6 Å². The quantitative estimate of drug-likeness (QED) is 0.779. The molecule has 1 nitrogen and oxygen atoms in total. The van der Waals surface area contributed by atoms with Gasteiger partial charge in [0.05, 0.1) is 0 Å². The van der Waals surface area contributed by atoms with Crippen LogP contribution in [-0.4, -0.2) is 23.7 Å². The van der Waals surface area contributed by atoms with Gasteiger partial charge in [-0.2, -0.15) is 0 Å². The Morgan fingerprint density at radius 1 is 1.17 bits per heavy atom. The second-order valence-electron chi connectivity index (χ2n) is 4.56. The van der Waals surface area contributed by atoms with E-state index in [0.29, 0.717) is 0 Å². The summed E-state index contributed by atoms with van der Waals surface area (Å²) >= 11 is 3.87. The van der Waals surface area contributed by atoms with Gasteiger partial charge in [0, 0.05) is 35.2 Å². The summed E-state index contributed by atoms with van der Waals surface area (Å²) in [5.74, 6) is 1.18. The van der Waals surface area contributed by atoms with Crippen molar-refractivity contribution in [1.29, 1.82) is 0 Å². The maximum absolute atomic E-state index is 2.57. The van der Waals surface area contributed by atoms with Crippen molar-refractivity contribution in [1.82, 2.24) is 4.90 Å². The van der Waals surface area contributed by atoms with Crippen LogP contribution in [-0.2, 0) is 13.0 Å². The third-order valence-corrected chi connectivity index (χ3v) is 5.32. The van der Waals surface area contributed by atoms with Crippen molar-refractivity contribution in [2.45, 2.75) is 17.9 Å². The summed E-state index contributed by atoms with van der Waals surface area (Å²) in [6, 6.07) is 13.0. The molecule has 2 aromatic rings. The summed E-state index contributed by atoms with van der Waals surface area (Å²) in [5, 5.41) is 2.23. The van der Waals surface area contributed by atoms with Gasteiger partial charge in [0.1, 0.15) is 0 Å². The molecule has 94 valence electrons. The zero-order valence-electron chi connectivity index (χ0n) is 10.3. The van der Waals surface area contributed by atoms with E-state index in [4.69, 9.17) is 0 Å². The third kappa shape index (κ3) is 2.97. The smallest absolute Gasteiger partial charge is 0.0245 e. The van der Waals surface area contributed by atoms with Gasteiger partial charge >= 0.3 is 0 Å². The molecule has 0 N–H and O–H groups in total. The predicted molar refractivity (Wildman–Crippen MR) is 80.5 cm³/mol. The lowest BCUT2D eigenvalue weighted by Gasteiger charge is -2.26. The first-order chi connectivity index (χ1) is 8.92. The number of fused-ring (bicyclic) bond motifs is 1. The number of rotatable bonds is 4. The van der Waals surface area contributed by atoms with E-state index in [2.05, 4.69) is 46.7 Å². The molecule has 0 bridgehead atoms. The molecule has 0 amide bonds. The summed E-state index contributed by atoms with van der Waals surface area (Å²) < 4.78 is 0. The van der Waals surface area contributed by atoms with E-state index in [1.807, 2.05) is 23.1 Å². The number of hydrogen-bond acceptors (Lipinski definition) is 3. The van der Waals surface area contributed by atoms with Crippen LogP contribution in [0.2, 0.25) is 0 Å². The van der Waals surface area contributed by atoms with E-state index in [0.717, 1.165) is 6.54 Å². The zero-order chi connectivity index (χ0) is 12.2. The summed E-state index contributed by atoms with van der Waals surface area (Å²) in [5.41, 5.74) is 1.55. The van der Waals surface area contributed by atoms with Gasteiger partial charge in [-0.25, -0.2) is 0 Å². The molecule has 0 fully saturated rings. The number of hydrogen-bond donors (Lipinski definition) is 0. The Labute approximate surface area is 117 Å². The summed E-state index contributed by atoms with van der Waals surface area (Å²) in [6.45, 7) is 3.56. The van der Waals surface area contributed by atoms with E-state index >= 15 is 0 Å². The van der Waals surface area contributed by atoms with Crippen molar-refractivity contribution in [3.05, 3.63) is 52.2 Å². The highest BCUT2D eigenvalue weighted by atomic mass is 32.2. The van der Waals surface area contributed by atoms with Crippen molar-refractivity contribution < 1.29 is 0 Å². The Morgan fingerprint density at radius 3 is 2.94 bits per heavy atom. The molecule has 1 aromatic carbocycles. The second-order valence-corrected chi connectivity index (χ2v) is 6.73. The largest absolute Gasteiger partial charge is 0.298 e. The lowest BCUT2D eigenvalue weighted by molar-refractivity contribution is 0.272. The van der Waals surface area contributed by atoms with Gasteiger partial charge < -0.3 is 0 Å². The highest BCUT2D eigenvalue weighted by Gasteiger charge is 2.16. The first kappa shape index (κ1) is 12.3. The molecule has 0 saturated carbocycles. The standard InChI is InChI=1S/C15H17NS2/c1-2-4-14(5-3-1)17-11-9-16-8-6-15-13(12-16)7-10-18-15/h1-5,7,10H,6,8-9,11-12H2. The van der Waals surface area contributed by atoms with Crippen molar-refractivity contribution in [3.8, 4) is 0 Å². The molecule has 1 aliphatic rings. The third-order valence-electron chi connectivity index (χ3n) is 3.31. The fourth-order valence-corrected chi connectivity index (χ4v) is 4.13. The van der Waals surface area contributed by atoms with Crippen LogP contribution in [0.4, 0.5) is 0 Å². The summed E-state index contributed by atoms with van der Waals surface area (Å²) in [6.07, 6.45) is 1.24. The average molecular weight is 275 g/mol. The van der Waals surface area contributed by atoms with Crippen LogP contribution >= 0.6 is 23.1 Å². The van der Waals surface area contributed by atoms with Gasteiger partial charge in [0.15, 0.2) is 0 Å². The van der Waals surface area contributed by atoms with Crippen LogP contribution in [0, 0.1) is 0 Å². The zero-order valence-corrected chi connectivity index (χ0v) is 12.0. The molecule has 3 heteroatoms. The molecule has 0 radical (unpaired) electrons. The molecule has 0 unspecified atom stereocenters. The van der Waals surface area contributed by atoms with Crippen molar-refractivity contribution in [3.63, 3.8) is 0 Å². The fraction of sp³-hybridized carbons (Fsp3) is 0.333. The van der Waals surface area contributed by atoms with Crippen LogP contribution in [0.1, 0.15) is 10.4 Å². The fourth-order valence-electron chi connectivity index (χ4n) is 2.31. The minimum atomic E-state index is 1.15. The monoisotopic (exact) mass is 275 g/mol. The molecule has 1 aliphatic heterocycles. The van der Waals surface area contributed by atoms with Crippen molar-refractivity contribution in [2.24, 2.45) is 0 Å². The number of benzene rings is 1. The number of thiophene rings is 1. The van der Waals surface area contributed by atoms with E-state index in [-0.39, 0.29) is 0 Å². The van der Waals surface area contributed by atoms with Gasteiger partial charge in [0.2, 0.25) is 0 Å². The highest BCUT2D eigenvalue weighted by Crippen LogP contribution is 2.24. The highest BCUT2D eigenvalue weighted by molar-refractivity contribution is 7.99. The first-order valence-electron chi connectivity index (χ1n) is 6.37. The lowest BCUT2D eigenvalue weighted by Crippen LogP contribution is -2.31. The Bertz CT molecular complexity index is 492. The molecule has 18 heavy (non-hydrogen) atoms. The van der Waals surface area contributed by atoms with Crippen LogP contribution in [0.3, 0.4) is 0 Å². The molecule has 0 spiro atoms. The normalized spacial score (nSPS) is 15.6. The maximum Gasteiger partial charge on any atom is 0.0245 e. The predicted octanol–water partition coefficient (Wildman–Crippen LogP) is 3.90. The Kier molecular flexibility index (Phi) is 4.03. The molecular weight excluding hydrogens is 258 g/mol. The molecule has 1 aromatic heterocycles. The first-order valence-corrected chi connectivity index (χ1v) is 8.24. The Hall–Kier alpha value is -0.770. The second kappa shape index (κ2) is 5.91. The minimum Gasteiger partial charge on any atom is -0.298 e. The SMILES string of the molecule is c1ccc(SCCN2CCc3sccc3C2)cc1. The minimum absolute atomic E-state index is 1.15. The topological polar surface area (TPSA) is 3.24 Å². The van der Waals surface area contributed by atoms with Gasteiger partial charge in [-0.1, -0.05) is 18.2 Å². The molecule has 0 aliphatic carbocycles. The van der Waals surface area contributed by atoms with Crippen molar-refractivity contribution >= 4 is 23.1 Å². The molecule has 2 heterocycles. The lowest BCUT2D eigenvalue weighted by atomic mass is 10.1. The molecule has 0 saturated heterocycles. The molecule has 3 rings (SSSR count). The van der Waals surface area contributed by atoms with Crippen LogP contribution < -0.4 is 0 Å². The molecular formula is C15H17NS2. The summed E-state index contributed by atoms with van der Waals surface area (Å²) in [7, 11) is 0. The van der Waals surface area contributed by atoms with E-state index in [1.54, 1.807) is 10.4 Å². The Balaban J connectivity index is 1.48. The van der Waals surface area contributed by atoms with E-state index in [9.17, 15) is 0 Å². The maximum atomic E-state index is 2.57. The van der Waals surface area contributed by atoms with Gasteiger partial charge in [-0.3, -0.25) is 4.90 Å². The van der Waals surface area contributed by atoms with E-state index in [1.165, 1.54) is 30.2 Å². The summed E-state index contributed by atoms with van der Waals surface area (Å²) in [4.78, 5) is 5.55. The average Bonchev–Trinajstić information content (AvgIpc) is 2.87. The van der Waals surface area contributed by atoms with Gasteiger partial charge in [-0.15, -0.1) is 23.1 Å². The van der Waals surface area contributed by atoms with E-state index < -0.39 is 0 Å². The number of nitrogens with zero attached hydrogens (tertiary/aromatic N) is 1. The number of thioether (sulfide) groups is 1. The van der Waals surface area contributed by atoms with Crippen LogP contribution in [0.5, 0.6) is 0 Å². The molecule has 0 atom stereocenters. The van der Waals surface area contributed by atoms with Crippen molar-refractivity contribution in [2.75, 3.05) is 18.8 Å². The Morgan fingerprint density at radius 2 is 2.06 bits per heavy atom. The van der Waals surface area contributed by atoms with Crippen LogP contribution in [0.25, 0.3) is 0 Å².